The predicted molar refractivity (Wildman–Crippen MR) is 91.1 cm³/mol. The lowest BCUT2D eigenvalue weighted by Crippen LogP contribution is -2.27. The Morgan fingerprint density at radius 3 is 2.55 bits per heavy atom. The van der Waals surface area contributed by atoms with Gasteiger partial charge < -0.3 is 11.1 Å². The standard InChI is InChI=1S/C16H22N4O.ClH/c1-12-10-13(2)20(19-12)9-3-8-18-16(21)11-14-4-6-15(17)7-5-14;/h4-7,10H,3,8-9,11,17H2,1-2H3,(H,18,21);1H. The molecule has 0 saturated carbocycles. The molecule has 0 saturated heterocycles. The summed E-state index contributed by atoms with van der Waals surface area (Å²) in [5.41, 5.74) is 9.48. The van der Waals surface area contributed by atoms with Gasteiger partial charge in [-0.1, -0.05) is 12.1 Å². The number of anilines is 1. The first-order chi connectivity index (χ1) is 10.0. The second-order valence-corrected chi connectivity index (χ2v) is 5.27. The van der Waals surface area contributed by atoms with Crippen molar-refractivity contribution in [2.24, 2.45) is 0 Å². The van der Waals surface area contributed by atoms with Gasteiger partial charge >= 0.3 is 0 Å². The van der Waals surface area contributed by atoms with E-state index in [2.05, 4.69) is 16.5 Å². The summed E-state index contributed by atoms with van der Waals surface area (Å²) in [6.07, 6.45) is 1.26. The smallest absolute Gasteiger partial charge is 0.224 e. The Balaban J connectivity index is 0.00000242. The summed E-state index contributed by atoms with van der Waals surface area (Å²) in [6, 6.07) is 9.44. The molecule has 1 aromatic heterocycles. The van der Waals surface area contributed by atoms with E-state index in [0.717, 1.165) is 29.9 Å². The molecule has 6 heteroatoms. The van der Waals surface area contributed by atoms with Crippen LogP contribution < -0.4 is 11.1 Å². The normalized spacial score (nSPS) is 10.1. The lowest BCUT2D eigenvalue weighted by atomic mass is 10.1. The number of nitrogens with two attached hydrogens (primary N) is 1. The summed E-state index contributed by atoms with van der Waals surface area (Å²) in [4.78, 5) is 11.8. The van der Waals surface area contributed by atoms with Crippen LogP contribution in [-0.4, -0.2) is 22.2 Å². The number of aryl methyl sites for hydroxylation is 3. The van der Waals surface area contributed by atoms with Gasteiger partial charge in [0.05, 0.1) is 12.1 Å². The minimum Gasteiger partial charge on any atom is -0.399 e. The molecule has 0 fully saturated rings. The third-order valence-corrected chi connectivity index (χ3v) is 3.32. The van der Waals surface area contributed by atoms with Gasteiger partial charge in [-0.05, 0) is 44.0 Å². The van der Waals surface area contributed by atoms with Crippen molar-refractivity contribution in [2.45, 2.75) is 33.2 Å². The molecule has 0 atom stereocenters. The van der Waals surface area contributed by atoms with Crippen LogP contribution in [-0.2, 0) is 17.8 Å². The highest BCUT2D eigenvalue weighted by molar-refractivity contribution is 5.85. The van der Waals surface area contributed by atoms with Crippen LogP contribution in [0.1, 0.15) is 23.4 Å². The van der Waals surface area contributed by atoms with Crippen LogP contribution in [0.3, 0.4) is 0 Å². The lowest BCUT2D eigenvalue weighted by Gasteiger charge is -2.07. The lowest BCUT2D eigenvalue weighted by molar-refractivity contribution is -0.120. The molecule has 3 N–H and O–H groups in total. The van der Waals surface area contributed by atoms with Crippen LogP contribution in [0.15, 0.2) is 30.3 Å². The number of nitrogens with one attached hydrogen (secondary N) is 1. The van der Waals surface area contributed by atoms with E-state index in [4.69, 9.17) is 5.73 Å². The molecule has 0 unspecified atom stereocenters. The maximum absolute atomic E-state index is 11.8. The van der Waals surface area contributed by atoms with Crippen LogP contribution in [0.5, 0.6) is 0 Å². The fraction of sp³-hybridized carbons (Fsp3) is 0.375. The number of nitrogens with zero attached hydrogens (tertiary/aromatic N) is 2. The summed E-state index contributed by atoms with van der Waals surface area (Å²) >= 11 is 0. The van der Waals surface area contributed by atoms with Gasteiger partial charge in [0.25, 0.3) is 0 Å². The Kier molecular flexibility index (Phi) is 6.92. The third kappa shape index (κ3) is 5.41. The molecule has 0 aliphatic carbocycles. The fourth-order valence-corrected chi connectivity index (χ4v) is 2.24. The van der Waals surface area contributed by atoms with Gasteiger partial charge in [-0.2, -0.15) is 5.10 Å². The molecule has 0 bridgehead atoms. The van der Waals surface area contributed by atoms with Crippen LogP contribution in [0.4, 0.5) is 5.69 Å². The van der Waals surface area contributed by atoms with Crippen LogP contribution in [0.2, 0.25) is 0 Å². The predicted octanol–water partition coefficient (Wildman–Crippen LogP) is 2.25. The Morgan fingerprint density at radius 2 is 1.95 bits per heavy atom. The number of carbonyl (C=O) groups excluding carboxylic acids is 1. The largest absolute Gasteiger partial charge is 0.399 e. The van der Waals surface area contributed by atoms with Crippen molar-refractivity contribution in [2.75, 3.05) is 12.3 Å². The quantitative estimate of drug-likeness (QED) is 0.633. The van der Waals surface area contributed by atoms with E-state index in [0.29, 0.717) is 18.7 Å². The van der Waals surface area contributed by atoms with Crippen molar-refractivity contribution in [3.63, 3.8) is 0 Å². The van der Waals surface area contributed by atoms with E-state index in [-0.39, 0.29) is 18.3 Å². The molecule has 2 rings (SSSR count). The van der Waals surface area contributed by atoms with Crippen LogP contribution in [0.25, 0.3) is 0 Å². The van der Waals surface area contributed by atoms with E-state index in [9.17, 15) is 4.79 Å². The highest BCUT2D eigenvalue weighted by Crippen LogP contribution is 2.06. The first-order valence-electron chi connectivity index (χ1n) is 7.17. The zero-order valence-electron chi connectivity index (χ0n) is 13.0. The van der Waals surface area contributed by atoms with Gasteiger partial charge in [-0.15, -0.1) is 12.4 Å². The number of hydrogen-bond donors (Lipinski definition) is 2. The molecule has 1 heterocycles. The third-order valence-electron chi connectivity index (χ3n) is 3.32. The second kappa shape index (κ2) is 8.44. The van der Waals surface area contributed by atoms with Crippen molar-refractivity contribution >= 4 is 24.0 Å². The molecule has 1 amide bonds. The average Bonchev–Trinajstić information content (AvgIpc) is 2.76. The van der Waals surface area contributed by atoms with Crippen molar-refractivity contribution in [3.8, 4) is 0 Å². The molecule has 0 aliphatic rings. The Bertz CT molecular complexity index is 607. The molecule has 22 heavy (non-hydrogen) atoms. The molecule has 2 aromatic rings. The monoisotopic (exact) mass is 322 g/mol. The molecule has 5 nitrogen and oxygen atoms in total. The topological polar surface area (TPSA) is 72.9 Å². The number of benzene rings is 1. The molecule has 0 radical (unpaired) electrons. The maximum atomic E-state index is 11.8. The zero-order valence-corrected chi connectivity index (χ0v) is 13.8. The molecule has 0 spiro atoms. The number of amides is 1. The molecular formula is C16H23ClN4O. The number of rotatable bonds is 6. The first kappa shape index (κ1) is 18.0. The van der Waals surface area contributed by atoms with Crippen LogP contribution >= 0.6 is 12.4 Å². The highest BCUT2D eigenvalue weighted by atomic mass is 35.5. The van der Waals surface area contributed by atoms with Crippen molar-refractivity contribution in [1.29, 1.82) is 0 Å². The highest BCUT2D eigenvalue weighted by Gasteiger charge is 2.04. The summed E-state index contributed by atoms with van der Waals surface area (Å²) in [7, 11) is 0. The van der Waals surface area contributed by atoms with E-state index < -0.39 is 0 Å². The minimum absolute atomic E-state index is 0. The van der Waals surface area contributed by atoms with Gasteiger partial charge in [0, 0.05) is 24.5 Å². The number of carbonyl (C=O) groups is 1. The second-order valence-electron chi connectivity index (χ2n) is 5.27. The summed E-state index contributed by atoms with van der Waals surface area (Å²) in [6.45, 7) is 5.51. The number of halogens is 1. The van der Waals surface area contributed by atoms with Gasteiger partial charge in [0.1, 0.15) is 0 Å². The Morgan fingerprint density at radius 1 is 1.27 bits per heavy atom. The van der Waals surface area contributed by atoms with Crippen LogP contribution in [0, 0.1) is 13.8 Å². The molecule has 1 aromatic carbocycles. The number of nitrogen functional groups attached to an aromatic ring is 1. The molecular weight excluding hydrogens is 300 g/mol. The number of hydrogen-bond acceptors (Lipinski definition) is 3. The summed E-state index contributed by atoms with van der Waals surface area (Å²) in [5.74, 6) is 0.0353. The van der Waals surface area contributed by atoms with E-state index in [1.165, 1.54) is 0 Å². The zero-order chi connectivity index (χ0) is 15.2. The number of aromatic nitrogens is 2. The van der Waals surface area contributed by atoms with E-state index >= 15 is 0 Å². The minimum atomic E-state index is 0. The van der Waals surface area contributed by atoms with Gasteiger partial charge in [-0.25, -0.2) is 0 Å². The summed E-state index contributed by atoms with van der Waals surface area (Å²) < 4.78 is 1.97. The maximum Gasteiger partial charge on any atom is 0.224 e. The Labute approximate surface area is 137 Å². The SMILES string of the molecule is Cc1cc(C)n(CCCNC(=O)Cc2ccc(N)cc2)n1.Cl. The van der Waals surface area contributed by atoms with Crippen molar-refractivity contribution in [1.82, 2.24) is 15.1 Å². The van der Waals surface area contributed by atoms with Gasteiger partial charge in [0.2, 0.25) is 5.91 Å². The summed E-state index contributed by atoms with van der Waals surface area (Å²) in [5, 5.41) is 7.33. The average molecular weight is 323 g/mol. The van der Waals surface area contributed by atoms with Crippen molar-refractivity contribution in [3.05, 3.63) is 47.3 Å². The Hall–Kier alpha value is -2.01. The van der Waals surface area contributed by atoms with Gasteiger partial charge in [-0.3, -0.25) is 9.48 Å². The molecule has 0 aliphatic heterocycles. The van der Waals surface area contributed by atoms with Gasteiger partial charge in [0.15, 0.2) is 0 Å². The van der Waals surface area contributed by atoms with Crippen molar-refractivity contribution < 1.29 is 4.79 Å². The molecule has 120 valence electrons. The first-order valence-corrected chi connectivity index (χ1v) is 7.17. The van der Waals surface area contributed by atoms with E-state index in [1.54, 1.807) is 0 Å². The van der Waals surface area contributed by atoms with E-state index in [1.807, 2.05) is 42.8 Å². The fourth-order valence-electron chi connectivity index (χ4n) is 2.24.